The van der Waals surface area contributed by atoms with Gasteiger partial charge in [-0.15, -0.1) is 0 Å². The average molecular weight is 480 g/mol. The number of pyridine rings is 2. The quantitative estimate of drug-likeness (QED) is 0.434. The maximum absolute atomic E-state index is 15.0. The molecule has 5 rings (SSSR count). The first-order chi connectivity index (χ1) is 16.3. The molecule has 0 saturated carbocycles. The summed E-state index contributed by atoms with van der Waals surface area (Å²) in [4.78, 5) is 29.0. The van der Waals surface area contributed by atoms with E-state index >= 15 is 0 Å². The van der Waals surface area contributed by atoms with Crippen LogP contribution < -0.4 is 10.5 Å². The second-order valence-corrected chi connectivity index (χ2v) is 8.85. The lowest BCUT2D eigenvalue weighted by Gasteiger charge is -2.34. The van der Waals surface area contributed by atoms with E-state index < -0.39 is 5.82 Å². The minimum atomic E-state index is -0.549. The fraction of sp³-hybridized carbons (Fsp3) is 0.280. The molecule has 0 spiro atoms. The van der Waals surface area contributed by atoms with Crippen LogP contribution >= 0.6 is 11.6 Å². The van der Waals surface area contributed by atoms with Gasteiger partial charge < -0.3 is 9.64 Å². The van der Waals surface area contributed by atoms with Crippen LogP contribution in [-0.2, 0) is 11.8 Å². The van der Waals surface area contributed by atoms with Crippen LogP contribution in [-0.4, -0.2) is 39.2 Å². The highest BCUT2D eigenvalue weighted by atomic mass is 35.5. The number of halogens is 2. The predicted octanol–water partition coefficient (Wildman–Crippen LogP) is 4.38. The molecule has 1 aliphatic heterocycles. The molecule has 174 valence electrons. The van der Waals surface area contributed by atoms with Crippen molar-refractivity contribution in [3.05, 3.63) is 80.9 Å². The largest absolute Gasteiger partial charge is 0.370 e. The number of rotatable bonds is 3. The molecule has 9 heteroatoms. The number of fused-ring (bicyclic) bond motifs is 1. The van der Waals surface area contributed by atoms with Gasteiger partial charge in [0.15, 0.2) is 0 Å². The monoisotopic (exact) mass is 479 g/mol. The van der Waals surface area contributed by atoms with Crippen molar-refractivity contribution in [2.45, 2.75) is 20.0 Å². The number of aromatic nitrogens is 4. The Labute approximate surface area is 200 Å². The summed E-state index contributed by atoms with van der Waals surface area (Å²) in [6.45, 7) is 5.33. The lowest BCUT2D eigenvalue weighted by atomic mass is 10.1. The van der Waals surface area contributed by atoms with Crippen LogP contribution in [0.5, 0.6) is 0 Å². The summed E-state index contributed by atoms with van der Waals surface area (Å²) in [6.07, 6.45) is 1.63. The van der Waals surface area contributed by atoms with Gasteiger partial charge in [-0.05, 0) is 38.1 Å². The van der Waals surface area contributed by atoms with Gasteiger partial charge in [-0.25, -0.2) is 14.4 Å². The number of anilines is 1. The Hall–Kier alpha value is -3.36. The Kier molecular flexibility index (Phi) is 5.79. The van der Waals surface area contributed by atoms with Gasteiger partial charge in [-0.2, -0.15) is 0 Å². The van der Waals surface area contributed by atoms with Gasteiger partial charge in [0, 0.05) is 54.2 Å². The Morgan fingerprint density at radius 3 is 2.71 bits per heavy atom. The summed E-state index contributed by atoms with van der Waals surface area (Å²) in [5.41, 5.74) is 2.54. The molecular weight excluding hydrogens is 457 g/mol. The molecular formula is C25H23ClFN5O2. The van der Waals surface area contributed by atoms with Crippen molar-refractivity contribution in [3.63, 3.8) is 0 Å². The molecule has 4 aromatic rings. The van der Waals surface area contributed by atoms with E-state index in [9.17, 15) is 9.18 Å². The van der Waals surface area contributed by atoms with Gasteiger partial charge in [0.1, 0.15) is 23.6 Å². The van der Waals surface area contributed by atoms with Crippen LogP contribution in [0.3, 0.4) is 0 Å². The van der Waals surface area contributed by atoms with Crippen LogP contribution in [0, 0.1) is 19.7 Å². The van der Waals surface area contributed by atoms with E-state index in [-0.39, 0.29) is 33.3 Å². The van der Waals surface area contributed by atoms with Gasteiger partial charge in [0.2, 0.25) is 0 Å². The van der Waals surface area contributed by atoms with Gasteiger partial charge in [0.25, 0.3) is 5.56 Å². The highest BCUT2D eigenvalue weighted by molar-refractivity contribution is 6.30. The summed E-state index contributed by atoms with van der Waals surface area (Å²) in [6, 6.07) is 10.1. The molecule has 0 amide bonds. The summed E-state index contributed by atoms with van der Waals surface area (Å²) in [5.74, 6) is 0.611. The Bertz CT molecular complexity index is 1450. The lowest BCUT2D eigenvalue weighted by molar-refractivity contribution is 0.0393. The van der Waals surface area contributed by atoms with E-state index in [4.69, 9.17) is 21.3 Å². The molecule has 0 radical (unpaired) electrons. The van der Waals surface area contributed by atoms with Crippen LogP contribution in [0.4, 0.5) is 10.2 Å². The Balaban J connectivity index is 1.65. The fourth-order valence-electron chi connectivity index (χ4n) is 4.15. The first-order valence-electron chi connectivity index (χ1n) is 10.9. The second kappa shape index (κ2) is 8.77. The fourth-order valence-corrected chi connectivity index (χ4v) is 4.31. The topological polar surface area (TPSA) is 73.1 Å². The number of ether oxygens (including phenoxy) is 1. The Morgan fingerprint density at radius 1 is 1.15 bits per heavy atom. The number of nitrogens with zero attached hydrogens (tertiary/aromatic N) is 5. The van der Waals surface area contributed by atoms with Crippen LogP contribution in [0.1, 0.15) is 23.2 Å². The molecule has 0 aliphatic carbocycles. The number of hydrogen-bond acceptors (Lipinski definition) is 6. The summed E-state index contributed by atoms with van der Waals surface area (Å²) in [5, 5.41) is 0.539. The molecule has 1 aromatic carbocycles. The third-order valence-corrected chi connectivity index (χ3v) is 6.39. The van der Waals surface area contributed by atoms with Crippen molar-refractivity contribution in [1.29, 1.82) is 0 Å². The SMILES string of the molecule is Cc1ccc([C@@H]2CN(c3cc4nc(C)n(C)c(=O)c4c(-c4ccc(Cl)cc4F)n3)CCO2)cn1. The maximum atomic E-state index is 15.0. The van der Waals surface area contributed by atoms with Crippen molar-refractivity contribution >= 4 is 28.3 Å². The first kappa shape index (κ1) is 22.4. The van der Waals surface area contributed by atoms with Gasteiger partial charge >= 0.3 is 0 Å². The normalized spacial score (nSPS) is 16.3. The highest BCUT2D eigenvalue weighted by Crippen LogP contribution is 2.32. The van der Waals surface area contributed by atoms with Crippen molar-refractivity contribution in [2.24, 2.45) is 7.05 Å². The van der Waals surface area contributed by atoms with E-state index in [1.54, 1.807) is 32.2 Å². The molecule has 3 aromatic heterocycles. The van der Waals surface area contributed by atoms with Gasteiger partial charge in [0.05, 0.1) is 23.2 Å². The summed E-state index contributed by atoms with van der Waals surface area (Å²) < 4.78 is 22.4. The summed E-state index contributed by atoms with van der Waals surface area (Å²) in [7, 11) is 1.64. The third-order valence-electron chi connectivity index (χ3n) is 6.15. The minimum Gasteiger partial charge on any atom is -0.370 e. The van der Waals surface area contributed by atoms with Crippen LogP contribution in [0.15, 0.2) is 47.4 Å². The van der Waals surface area contributed by atoms with E-state index in [0.29, 0.717) is 36.9 Å². The molecule has 0 N–H and O–H groups in total. The van der Waals surface area contributed by atoms with E-state index in [1.807, 2.05) is 25.3 Å². The van der Waals surface area contributed by atoms with Gasteiger partial charge in [-0.1, -0.05) is 17.7 Å². The minimum absolute atomic E-state index is 0.187. The highest BCUT2D eigenvalue weighted by Gasteiger charge is 2.26. The van der Waals surface area contributed by atoms with Crippen molar-refractivity contribution in [2.75, 3.05) is 24.6 Å². The van der Waals surface area contributed by atoms with Crippen molar-refractivity contribution in [1.82, 2.24) is 19.5 Å². The van der Waals surface area contributed by atoms with E-state index in [0.717, 1.165) is 11.3 Å². The molecule has 1 saturated heterocycles. The van der Waals surface area contributed by atoms with Crippen molar-refractivity contribution < 1.29 is 9.13 Å². The molecule has 34 heavy (non-hydrogen) atoms. The second-order valence-electron chi connectivity index (χ2n) is 8.41. The third kappa shape index (κ3) is 4.03. The van der Waals surface area contributed by atoms with Crippen LogP contribution in [0.25, 0.3) is 22.2 Å². The zero-order chi connectivity index (χ0) is 24.0. The molecule has 7 nitrogen and oxygen atoms in total. The number of benzene rings is 1. The average Bonchev–Trinajstić information content (AvgIpc) is 2.82. The molecule has 1 aliphatic rings. The molecule has 4 heterocycles. The van der Waals surface area contributed by atoms with Gasteiger partial charge in [-0.3, -0.25) is 14.3 Å². The number of aryl methyl sites for hydroxylation is 2. The predicted molar refractivity (Wildman–Crippen MR) is 130 cm³/mol. The van der Waals surface area contributed by atoms with E-state index in [1.165, 1.54) is 10.6 Å². The first-order valence-corrected chi connectivity index (χ1v) is 11.3. The number of morpholine rings is 1. The van der Waals surface area contributed by atoms with Crippen LogP contribution in [0.2, 0.25) is 5.02 Å². The lowest BCUT2D eigenvalue weighted by Crippen LogP contribution is -2.39. The van der Waals surface area contributed by atoms with E-state index in [2.05, 4.69) is 14.9 Å². The summed E-state index contributed by atoms with van der Waals surface area (Å²) >= 11 is 5.97. The van der Waals surface area contributed by atoms with Crippen molar-refractivity contribution in [3.8, 4) is 11.3 Å². The molecule has 0 bridgehead atoms. The zero-order valence-corrected chi connectivity index (χ0v) is 19.8. The number of hydrogen-bond donors (Lipinski definition) is 0. The molecule has 1 atom stereocenters. The maximum Gasteiger partial charge on any atom is 0.263 e. The molecule has 0 unspecified atom stereocenters. The molecule has 1 fully saturated rings. The standard InChI is InChI=1S/C25H23ClFN5O2/c1-14-4-5-16(12-28-14)21-13-32(8-9-34-21)22-11-20-23(25(33)31(3)15(2)29-20)24(30-22)18-7-6-17(26)10-19(18)27/h4-7,10-12,21H,8-9,13H2,1-3H3/t21-/m0/s1. The zero-order valence-electron chi connectivity index (χ0n) is 19.0. The Morgan fingerprint density at radius 2 is 1.97 bits per heavy atom. The smallest absolute Gasteiger partial charge is 0.263 e.